The molecule has 0 aliphatic carbocycles. The van der Waals surface area contributed by atoms with Crippen molar-refractivity contribution in [3.63, 3.8) is 0 Å². The van der Waals surface area contributed by atoms with Gasteiger partial charge in [-0.05, 0) is 42.5 Å². The van der Waals surface area contributed by atoms with E-state index in [1.165, 1.54) is 18.2 Å². The Kier molecular flexibility index (Phi) is 7.02. The molecule has 0 bridgehead atoms. The largest absolute Gasteiger partial charge is 0.490 e. The first-order valence-electron chi connectivity index (χ1n) is 9.71. The van der Waals surface area contributed by atoms with Crippen LogP contribution in [0, 0.1) is 11.3 Å². The number of rotatable bonds is 6. The first-order valence-corrected chi connectivity index (χ1v) is 9.71. The van der Waals surface area contributed by atoms with E-state index < -0.39 is 11.7 Å². The van der Waals surface area contributed by atoms with E-state index in [0.29, 0.717) is 55.3 Å². The summed E-state index contributed by atoms with van der Waals surface area (Å²) in [5, 5.41) is 9.18. The molecule has 0 atom stereocenters. The smallest absolute Gasteiger partial charge is 0.416 e. The fraction of sp³-hybridized carbons (Fsp3) is 0.364. The molecule has 164 valence electrons. The topological polar surface area (TPSA) is 65.8 Å². The molecule has 1 aliphatic rings. The predicted octanol–water partition coefficient (Wildman–Crippen LogP) is 3.56. The van der Waals surface area contributed by atoms with Gasteiger partial charge in [0.1, 0.15) is 12.4 Å². The van der Waals surface area contributed by atoms with Gasteiger partial charge in [0, 0.05) is 39.0 Å². The highest BCUT2D eigenvalue weighted by Gasteiger charge is 2.30. The molecule has 0 radical (unpaired) electrons. The Morgan fingerprint density at radius 1 is 1.06 bits per heavy atom. The van der Waals surface area contributed by atoms with E-state index in [2.05, 4.69) is 0 Å². The number of piperazine rings is 1. The lowest BCUT2D eigenvalue weighted by Crippen LogP contribution is -2.48. The summed E-state index contributed by atoms with van der Waals surface area (Å²) in [5.41, 5.74) is 0.641. The van der Waals surface area contributed by atoms with Crippen molar-refractivity contribution in [2.24, 2.45) is 0 Å². The number of anilines is 1. The van der Waals surface area contributed by atoms with Gasteiger partial charge in [-0.3, -0.25) is 4.79 Å². The first kappa shape index (κ1) is 22.4. The molecule has 3 rings (SSSR count). The number of nitrogens with zero attached hydrogens (tertiary/aromatic N) is 3. The number of hydrogen-bond donors (Lipinski definition) is 0. The molecule has 1 fully saturated rings. The Bertz CT molecular complexity index is 947. The van der Waals surface area contributed by atoms with Gasteiger partial charge in [-0.25, -0.2) is 0 Å². The predicted molar refractivity (Wildman–Crippen MR) is 108 cm³/mol. The fourth-order valence-electron chi connectivity index (χ4n) is 3.33. The molecule has 0 spiro atoms. The van der Waals surface area contributed by atoms with Crippen LogP contribution in [0.25, 0.3) is 0 Å². The summed E-state index contributed by atoms with van der Waals surface area (Å²) in [6, 6.07) is 11.7. The zero-order valence-electron chi connectivity index (χ0n) is 17.0. The molecule has 9 heteroatoms. The second kappa shape index (κ2) is 9.71. The van der Waals surface area contributed by atoms with Crippen LogP contribution in [0.3, 0.4) is 0 Å². The number of carbonyl (C=O) groups is 1. The number of amides is 1. The van der Waals surface area contributed by atoms with Crippen molar-refractivity contribution in [3.8, 4) is 11.8 Å². The third kappa shape index (κ3) is 5.47. The van der Waals surface area contributed by atoms with Crippen LogP contribution in [0.4, 0.5) is 18.9 Å². The average molecular weight is 433 g/mol. The van der Waals surface area contributed by atoms with Gasteiger partial charge in [0.2, 0.25) is 0 Å². The van der Waals surface area contributed by atoms with Gasteiger partial charge in [0.25, 0.3) is 5.91 Å². The van der Waals surface area contributed by atoms with E-state index in [1.807, 2.05) is 11.0 Å². The molecule has 1 heterocycles. The molecule has 0 saturated carbocycles. The fourth-order valence-corrected chi connectivity index (χ4v) is 3.33. The normalized spacial score (nSPS) is 14.3. The highest BCUT2D eigenvalue weighted by molar-refractivity contribution is 5.97. The van der Waals surface area contributed by atoms with Gasteiger partial charge in [-0.2, -0.15) is 18.4 Å². The molecule has 1 amide bonds. The molecular formula is C22H22F3N3O3. The number of hydrogen-bond acceptors (Lipinski definition) is 5. The zero-order valence-corrected chi connectivity index (χ0v) is 17.0. The Morgan fingerprint density at radius 2 is 1.74 bits per heavy atom. The Hall–Kier alpha value is -3.25. The van der Waals surface area contributed by atoms with E-state index in [-0.39, 0.29) is 12.5 Å². The van der Waals surface area contributed by atoms with E-state index in [1.54, 1.807) is 24.1 Å². The minimum absolute atomic E-state index is 0.253. The minimum atomic E-state index is -4.37. The first-order chi connectivity index (χ1) is 14.8. The maximum atomic E-state index is 13.1. The number of nitriles is 1. The number of carbonyl (C=O) groups excluding carboxylic acids is 1. The average Bonchev–Trinajstić information content (AvgIpc) is 2.78. The summed E-state index contributed by atoms with van der Waals surface area (Å²) in [7, 11) is 1.55. The van der Waals surface area contributed by atoms with Crippen molar-refractivity contribution in [1.82, 2.24) is 4.90 Å². The van der Waals surface area contributed by atoms with E-state index in [0.717, 1.165) is 12.1 Å². The number of methoxy groups -OCH3 is 1. The summed E-state index contributed by atoms with van der Waals surface area (Å²) in [5.74, 6) is 0.128. The summed E-state index contributed by atoms with van der Waals surface area (Å²) >= 11 is 0. The second-order valence-corrected chi connectivity index (χ2v) is 6.99. The molecule has 0 aromatic heterocycles. The van der Waals surface area contributed by atoms with Gasteiger partial charge in [0.15, 0.2) is 0 Å². The Morgan fingerprint density at radius 3 is 2.32 bits per heavy atom. The lowest BCUT2D eigenvalue weighted by molar-refractivity contribution is -0.137. The second-order valence-electron chi connectivity index (χ2n) is 6.99. The Labute approximate surface area is 178 Å². The third-order valence-corrected chi connectivity index (χ3v) is 5.01. The van der Waals surface area contributed by atoms with Crippen LogP contribution < -0.4 is 9.64 Å². The van der Waals surface area contributed by atoms with E-state index in [4.69, 9.17) is 9.47 Å². The molecule has 1 aliphatic heterocycles. The summed E-state index contributed by atoms with van der Waals surface area (Å²) in [6.45, 7) is 2.38. The maximum Gasteiger partial charge on any atom is 0.416 e. The maximum absolute atomic E-state index is 13.1. The van der Waals surface area contributed by atoms with E-state index in [9.17, 15) is 23.2 Å². The summed E-state index contributed by atoms with van der Waals surface area (Å²) in [4.78, 5) is 16.7. The van der Waals surface area contributed by atoms with Gasteiger partial charge in [0.05, 0.1) is 29.4 Å². The molecular weight excluding hydrogens is 411 g/mol. The van der Waals surface area contributed by atoms with Gasteiger partial charge < -0.3 is 19.3 Å². The molecule has 2 aromatic carbocycles. The SMILES string of the molecule is COCCOc1ccc(C#N)cc1C(=O)N1CCN(c2ccc(C(F)(F)F)cc2)CC1. The third-order valence-electron chi connectivity index (χ3n) is 5.01. The van der Waals surface area contributed by atoms with Gasteiger partial charge >= 0.3 is 6.18 Å². The number of halogens is 3. The lowest BCUT2D eigenvalue weighted by Gasteiger charge is -2.36. The number of alkyl halides is 3. The van der Waals surface area contributed by atoms with Gasteiger partial charge in [-0.15, -0.1) is 0 Å². The van der Waals surface area contributed by atoms with Crippen molar-refractivity contribution in [2.45, 2.75) is 6.18 Å². The standard InChI is InChI=1S/C22H22F3N3O3/c1-30-12-13-31-20-7-2-16(15-26)14-19(20)21(29)28-10-8-27(9-11-28)18-5-3-17(4-6-18)22(23,24)25/h2-7,14H,8-13H2,1H3. The monoisotopic (exact) mass is 433 g/mol. The lowest BCUT2D eigenvalue weighted by atomic mass is 10.1. The number of ether oxygens (including phenoxy) is 2. The molecule has 0 unspecified atom stereocenters. The van der Waals surface area contributed by atoms with Crippen molar-refractivity contribution in [2.75, 3.05) is 51.4 Å². The van der Waals surface area contributed by atoms with Crippen molar-refractivity contribution in [1.29, 1.82) is 5.26 Å². The molecule has 6 nitrogen and oxygen atoms in total. The highest BCUT2D eigenvalue weighted by atomic mass is 19.4. The van der Waals surface area contributed by atoms with Crippen LogP contribution in [0.15, 0.2) is 42.5 Å². The van der Waals surface area contributed by atoms with Crippen molar-refractivity contribution < 1.29 is 27.4 Å². The molecule has 0 N–H and O–H groups in total. The van der Waals surface area contributed by atoms with Crippen LogP contribution in [-0.2, 0) is 10.9 Å². The van der Waals surface area contributed by atoms with Crippen LogP contribution in [0.2, 0.25) is 0 Å². The summed E-state index contributed by atoms with van der Waals surface area (Å²) in [6.07, 6.45) is -4.37. The minimum Gasteiger partial charge on any atom is -0.490 e. The highest BCUT2D eigenvalue weighted by Crippen LogP contribution is 2.31. The zero-order chi connectivity index (χ0) is 22.4. The van der Waals surface area contributed by atoms with E-state index >= 15 is 0 Å². The molecule has 1 saturated heterocycles. The quantitative estimate of drug-likeness (QED) is 0.652. The molecule has 31 heavy (non-hydrogen) atoms. The van der Waals surface area contributed by atoms with Crippen LogP contribution in [-0.4, -0.2) is 57.3 Å². The van der Waals surface area contributed by atoms with Crippen LogP contribution in [0.1, 0.15) is 21.5 Å². The van der Waals surface area contributed by atoms with Crippen molar-refractivity contribution >= 4 is 11.6 Å². The summed E-state index contributed by atoms with van der Waals surface area (Å²) < 4.78 is 48.9. The van der Waals surface area contributed by atoms with Gasteiger partial charge in [-0.1, -0.05) is 0 Å². The number of benzene rings is 2. The van der Waals surface area contributed by atoms with Crippen LogP contribution >= 0.6 is 0 Å². The van der Waals surface area contributed by atoms with Crippen molar-refractivity contribution in [3.05, 3.63) is 59.2 Å². The van der Waals surface area contributed by atoms with Crippen LogP contribution in [0.5, 0.6) is 5.75 Å². The molecule has 2 aromatic rings. The Balaban J connectivity index is 1.68.